The van der Waals surface area contributed by atoms with Gasteiger partial charge in [0.15, 0.2) is 5.41 Å². The Morgan fingerprint density at radius 2 is 2.15 bits per heavy atom. The Morgan fingerprint density at radius 3 is 2.77 bits per heavy atom. The summed E-state index contributed by atoms with van der Waals surface area (Å²) in [5.41, 5.74) is 4.93. The molecule has 0 aromatic heterocycles. The lowest BCUT2D eigenvalue weighted by molar-refractivity contribution is -0.144. The summed E-state index contributed by atoms with van der Waals surface area (Å²) in [6.45, 7) is 4.90. The molecule has 1 aromatic rings. The zero-order chi connectivity index (χ0) is 19.2. The van der Waals surface area contributed by atoms with Crippen LogP contribution in [0.5, 0.6) is 0 Å². The Morgan fingerprint density at radius 1 is 1.46 bits per heavy atom. The molecule has 2 aliphatic heterocycles. The van der Waals surface area contributed by atoms with Gasteiger partial charge in [0.05, 0.1) is 6.10 Å². The number of anilines is 1. The maximum atomic E-state index is 13.1. The van der Waals surface area contributed by atoms with Crippen molar-refractivity contribution in [3.05, 3.63) is 51.0 Å². The molecular formula is C18H16BrN3O4. The van der Waals surface area contributed by atoms with E-state index >= 15 is 0 Å². The predicted octanol–water partition coefficient (Wildman–Crippen LogP) is 2.59. The zero-order valence-electron chi connectivity index (χ0n) is 14.3. The lowest BCUT2D eigenvalue weighted by atomic mass is 9.68. The van der Waals surface area contributed by atoms with Crippen molar-refractivity contribution in [1.29, 1.82) is 5.26 Å². The van der Waals surface area contributed by atoms with Crippen LogP contribution >= 0.6 is 15.9 Å². The topological polar surface area (TPSA) is 114 Å². The van der Waals surface area contributed by atoms with Gasteiger partial charge in [-0.3, -0.25) is 4.79 Å². The van der Waals surface area contributed by atoms with Gasteiger partial charge in [-0.05, 0) is 39.0 Å². The molecule has 3 N–H and O–H groups in total. The summed E-state index contributed by atoms with van der Waals surface area (Å²) < 4.78 is 11.4. The summed E-state index contributed by atoms with van der Waals surface area (Å²) >= 11 is 3.37. The van der Waals surface area contributed by atoms with Gasteiger partial charge >= 0.3 is 5.97 Å². The molecule has 0 unspecified atom stereocenters. The highest BCUT2D eigenvalue weighted by molar-refractivity contribution is 9.10. The van der Waals surface area contributed by atoms with E-state index in [1.54, 1.807) is 32.0 Å². The molecule has 2 aliphatic rings. The maximum absolute atomic E-state index is 13.1. The van der Waals surface area contributed by atoms with Crippen LogP contribution in [0.2, 0.25) is 0 Å². The van der Waals surface area contributed by atoms with E-state index in [9.17, 15) is 14.9 Å². The van der Waals surface area contributed by atoms with E-state index in [1.165, 1.54) is 6.92 Å². The molecule has 26 heavy (non-hydrogen) atoms. The number of allylic oxidation sites excluding steroid dienone is 1. The van der Waals surface area contributed by atoms with E-state index in [0.717, 1.165) is 0 Å². The van der Waals surface area contributed by atoms with Gasteiger partial charge in [0.2, 0.25) is 11.8 Å². The first-order valence-electron chi connectivity index (χ1n) is 7.85. The summed E-state index contributed by atoms with van der Waals surface area (Å²) in [4.78, 5) is 26.0. The third-order valence-corrected chi connectivity index (χ3v) is 4.74. The molecule has 3 rings (SSSR count). The Kier molecular flexibility index (Phi) is 4.28. The number of nitrogens with one attached hydrogen (secondary N) is 1. The van der Waals surface area contributed by atoms with Crippen LogP contribution in [0.15, 0.2) is 45.5 Å². The normalized spacial score (nSPS) is 21.5. The number of fused-ring (bicyclic) bond motifs is 2. The summed E-state index contributed by atoms with van der Waals surface area (Å²) in [7, 11) is 0. The van der Waals surface area contributed by atoms with Crippen LogP contribution < -0.4 is 11.1 Å². The molecule has 0 fully saturated rings. The van der Waals surface area contributed by atoms with E-state index in [2.05, 4.69) is 21.2 Å². The number of benzene rings is 1. The van der Waals surface area contributed by atoms with Gasteiger partial charge in [0.1, 0.15) is 23.0 Å². The second-order valence-corrected chi connectivity index (χ2v) is 7.15. The number of amides is 1. The number of nitrogens with two attached hydrogens (primary N) is 1. The van der Waals surface area contributed by atoms with Crippen molar-refractivity contribution in [1.82, 2.24) is 0 Å². The van der Waals surface area contributed by atoms with Gasteiger partial charge in [0.25, 0.3) is 0 Å². The maximum Gasteiger partial charge on any atom is 0.339 e. The molecule has 134 valence electrons. The second-order valence-electron chi connectivity index (χ2n) is 6.23. The monoisotopic (exact) mass is 417 g/mol. The van der Waals surface area contributed by atoms with Crippen LogP contribution in [-0.2, 0) is 24.5 Å². The summed E-state index contributed by atoms with van der Waals surface area (Å²) in [6.07, 6.45) is -0.417. The smallest absolute Gasteiger partial charge is 0.339 e. The third kappa shape index (κ3) is 2.39. The first-order valence-corrected chi connectivity index (χ1v) is 8.64. The van der Waals surface area contributed by atoms with Gasteiger partial charge in [-0.25, -0.2) is 4.79 Å². The van der Waals surface area contributed by atoms with Crippen molar-refractivity contribution < 1.29 is 19.1 Å². The molecule has 0 bridgehead atoms. The minimum Gasteiger partial charge on any atom is -0.459 e. The first-order chi connectivity index (χ1) is 12.2. The van der Waals surface area contributed by atoms with Crippen molar-refractivity contribution in [2.24, 2.45) is 5.73 Å². The number of hydrogen-bond donors (Lipinski definition) is 2. The van der Waals surface area contributed by atoms with Crippen LogP contribution in [0.25, 0.3) is 0 Å². The van der Waals surface area contributed by atoms with E-state index in [0.29, 0.717) is 15.7 Å². The first kappa shape index (κ1) is 18.0. The number of carbonyl (C=O) groups excluding carboxylic acids is 2. The number of halogens is 1. The fourth-order valence-corrected chi connectivity index (χ4v) is 3.68. The second kappa shape index (κ2) is 6.18. The fraction of sp³-hybridized carbons (Fsp3) is 0.278. The number of hydrogen-bond acceptors (Lipinski definition) is 6. The van der Waals surface area contributed by atoms with Crippen molar-refractivity contribution in [3.63, 3.8) is 0 Å². The molecule has 7 nitrogen and oxygen atoms in total. The quantitative estimate of drug-likeness (QED) is 0.714. The average molecular weight is 418 g/mol. The van der Waals surface area contributed by atoms with Gasteiger partial charge in [-0.1, -0.05) is 15.9 Å². The van der Waals surface area contributed by atoms with E-state index in [1.807, 2.05) is 6.07 Å². The third-order valence-electron chi connectivity index (χ3n) is 4.24. The molecule has 0 saturated heterocycles. The Bertz CT molecular complexity index is 942. The van der Waals surface area contributed by atoms with Crippen LogP contribution in [0.1, 0.15) is 26.3 Å². The predicted molar refractivity (Wildman–Crippen MR) is 96.3 cm³/mol. The molecule has 1 atom stereocenters. The number of carbonyl (C=O) groups is 2. The van der Waals surface area contributed by atoms with E-state index in [4.69, 9.17) is 15.2 Å². The number of nitrogens with zero attached hydrogens (tertiary/aromatic N) is 1. The lowest BCUT2D eigenvalue weighted by Crippen LogP contribution is -2.46. The summed E-state index contributed by atoms with van der Waals surface area (Å²) in [6, 6.07) is 7.06. The average Bonchev–Trinajstić information content (AvgIpc) is 2.80. The number of esters is 1. The minimum absolute atomic E-state index is 0.0497. The summed E-state index contributed by atoms with van der Waals surface area (Å²) in [5.74, 6) is -1.38. The summed E-state index contributed by atoms with van der Waals surface area (Å²) in [5, 5.41) is 12.5. The highest BCUT2D eigenvalue weighted by Gasteiger charge is 2.59. The number of nitriles is 1. The minimum atomic E-state index is -1.72. The van der Waals surface area contributed by atoms with Crippen molar-refractivity contribution in [2.75, 3.05) is 5.32 Å². The zero-order valence-corrected chi connectivity index (χ0v) is 15.9. The molecule has 8 heteroatoms. The highest BCUT2D eigenvalue weighted by atomic mass is 79.9. The van der Waals surface area contributed by atoms with Gasteiger partial charge < -0.3 is 20.5 Å². The molecule has 0 saturated carbocycles. The largest absolute Gasteiger partial charge is 0.459 e. The van der Waals surface area contributed by atoms with Crippen molar-refractivity contribution >= 4 is 33.5 Å². The van der Waals surface area contributed by atoms with Crippen LogP contribution in [-0.4, -0.2) is 18.0 Å². The van der Waals surface area contributed by atoms with Crippen molar-refractivity contribution in [3.8, 4) is 6.07 Å². The van der Waals surface area contributed by atoms with Crippen LogP contribution in [0, 0.1) is 11.3 Å². The Hall–Kier alpha value is -2.79. The van der Waals surface area contributed by atoms with Crippen LogP contribution in [0.3, 0.4) is 0 Å². The Balaban J connectivity index is 2.38. The van der Waals surface area contributed by atoms with Gasteiger partial charge in [0, 0.05) is 15.7 Å². The molecule has 1 spiro atoms. The van der Waals surface area contributed by atoms with Gasteiger partial charge in [-0.15, -0.1) is 0 Å². The standard InChI is InChI=1S/C18H16BrN3O4/c1-8(2)25-16(23)14-9(3)26-15(21)12(7-20)18(14)11-6-10(19)4-5-13(11)22-17(18)24/h4-6,8H,21H2,1-3H3,(H,22,24)/t18-/m1/s1. The molecule has 1 aromatic carbocycles. The van der Waals surface area contributed by atoms with Gasteiger partial charge in [-0.2, -0.15) is 5.26 Å². The molecule has 0 radical (unpaired) electrons. The molecule has 0 aliphatic carbocycles. The molecular weight excluding hydrogens is 402 g/mol. The fourth-order valence-electron chi connectivity index (χ4n) is 3.32. The molecule has 1 amide bonds. The number of rotatable bonds is 2. The molecule has 2 heterocycles. The SMILES string of the molecule is CC1=C(C(=O)OC(C)C)[C@]2(C(=O)Nc3ccc(Br)cc32)C(C#N)=C(N)O1. The van der Waals surface area contributed by atoms with Crippen molar-refractivity contribution in [2.45, 2.75) is 32.3 Å². The highest BCUT2D eigenvalue weighted by Crippen LogP contribution is 2.52. The number of ether oxygens (including phenoxy) is 2. The van der Waals surface area contributed by atoms with Crippen LogP contribution in [0.4, 0.5) is 5.69 Å². The van der Waals surface area contributed by atoms with E-state index < -0.39 is 23.4 Å². The lowest BCUT2D eigenvalue weighted by Gasteiger charge is -2.34. The van der Waals surface area contributed by atoms with E-state index in [-0.39, 0.29) is 22.8 Å². The Labute approximate surface area is 158 Å².